The first kappa shape index (κ1) is 18.2. The van der Waals surface area contributed by atoms with Gasteiger partial charge in [-0.1, -0.05) is 22.0 Å². The van der Waals surface area contributed by atoms with Crippen molar-refractivity contribution < 1.29 is 9.84 Å². The highest BCUT2D eigenvalue weighted by Crippen LogP contribution is 2.36. The average molecular weight is 425 g/mol. The van der Waals surface area contributed by atoms with Gasteiger partial charge < -0.3 is 14.8 Å². The van der Waals surface area contributed by atoms with Gasteiger partial charge in [-0.3, -0.25) is 9.88 Å². The predicted molar refractivity (Wildman–Crippen MR) is 104 cm³/mol. The van der Waals surface area contributed by atoms with Gasteiger partial charge in [-0.15, -0.1) is 12.4 Å². The summed E-state index contributed by atoms with van der Waals surface area (Å²) in [5.41, 5.74) is 3.57. The van der Waals surface area contributed by atoms with Crippen LogP contribution < -0.4 is 0 Å². The summed E-state index contributed by atoms with van der Waals surface area (Å²) in [6, 6.07) is 9.92. The first-order chi connectivity index (χ1) is 11.7. The Hall–Kier alpha value is -1.60. The van der Waals surface area contributed by atoms with Gasteiger partial charge in [0.1, 0.15) is 0 Å². The molecule has 0 spiro atoms. The fourth-order valence-corrected chi connectivity index (χ4v) is 3.45. The molecular weight excluding hydrogens is 406 g/mol. The second-order valence-electron chi connectivity index (χ2n) is 5.98. The van der Waals surface area contributed by atoms with Crippen molar-refractivity contribution in [3.63, 3.8) is 0 Å². The van der Waals surface area contributed by atoms with Crippen molar-refractivity contribution in [1.82, 2.24) is 14.9 Å². The number of pyridine rings is 1. The first-order valence-corrected chi connectivity index (χ1v) is 8.75. The fourth-order valence-electron chi connectivity index (χ4n) is 3.09. The molecule has 3 heterocycles. The van der Waals surface area contributed by atoms with E-state index in [1.165, 1.54) is 5.56 Å². The van der Waals surface area contributed by atoms with E-state index in [4.69, 9.17) is 4.74 Å². The number of H-pyrrole nitrogens is 1. The zero-order valence-corrected chi connectivity index (χ0v) is 15.9. The third-order valence-corrected chi connectivity index (χ3v) is 4.82. The molecule has 0 unspecified atom stereocenters. The van der Waals surface area contributed by atoms with Crippen LogP contribution in [0.15, 0.2) is 41.0 Å². The lowest BCUT2D eigenvalue weighted by molar-refractivity contribution is 0.0341. The number of rotatable bonds is 3. The van der Waals surface area contributed by atoms with Crippen LogP contribution in [-0.2, 0) is 11.3 Å². The number of ether oxygens (including phenoxy) is 1. The SMILES string of the molecule is Cl.Oc1[nH]c2ccc(Br)cc2c1-c1ccc(CN2CCOCC2)cn1. The van der Waals surface area contributed by atoms with E-state index in [-0.39, 0.29) is 18.3 Å². The maximum atomic E-state index is 10.3. The summed E-state index contributed by atoms with van der Waals surface area (Å²) in [6.07, 6.45) is 1.89. The number of halogens is 2. The van der Waals surface area contributed by atoms with Gasteiger partial charge in [-0.2, -0.15) is 0 Å². The van der Waals surface area contributed by atoms with E-state index in [0.717, 1.165) is 59.5 Å². The summed E-state index contributed by atoms with van der Waals surface area (Å²) in [5.74, 6) is 0.150. The zero-order chi connectivity index (χ0) is 16.5. The predicted octanol–water partition coefficient (Wildman–Crippen LogP) is 3.95. The second-order valence-corrected chi connectivity index (χ2v) is 6.89. The van der Waals surface area contributed by atoms with Crippen molar-refractivity contribution >= 4 is 39.2 Å². The molecular formula is C18H19BrClN3O2. The van der Waals surface area contributed by atoms with E-state index in [1.54, 1.807) is 0 Å². The summed E-state index contributed by atoms with van der Waals surface area (Å²) in [6.45, 7) is 4.38. The van der Waals surface area contributed by atoms with Gasteiger partial charge in [0.2, 0.25) is 0 Å². The maximum Gasteiger partial charge on any atom is 0.199 e. The Bertz CT molecular complexity index is 861. The molecule has 132 valence electrons. The molecule has 1 fully saturated rings. The molecule has 25 heavy (non-hydrogen) atoms. The molecule has 1 aliphatic heterocycles. The number of morpholine rings is 1. The molecule has 1 aromatic carbocycles. The highest BCUT2D eigenvalue weighted by Gasteiger charge is 2.15. The Morgan fingerprint density at radius 3 is 2.72 bits per heavy atom. The molecule has 3 aromatic rings. The topological polar surface area (TPSA) is 61.4 Å². The van der Waals surface area contributed by atoms with Crippen molar-refractivity contribution in [3.05, 3.63) is 46.6 Å². The third-order valence-electron chi connectivity index (χ3n) is 4.33. The Balaban J connectivity index is 0.00000182. The van der Waals surface area contributed by atoms with Crippen LogP contribution in [-0.4, -0.2) is 46.3 Å². The van der Waals surface area contributed by atoms with Crippen molar-refractivity contribution in [2.45, 2.75) is 6.54 Å². The molecule has 1 aliphatic rings. The summed E-state index contributed by atoms with van der Waals surface area (Å²) >= 11 is 3.48. The van der Waals surface area contributed by atoms with Gasteiger partial charge in [-0.05, 0) is 29.8 Å². The number of benzene rings is 1. The van der Waals surface area contributed by atoms with E-state index < -0.39 is 0 Å². The lowest BCUT2D eigenvalue weighted by atomic mass is 10.1. The number of hydrogen-bond donors (Lipinski definition) is 2. The molecule has 0 bridgehead atoms. The minimum absolute atomic E-state index is 0. The largest absolute Gasteiger partial charge is 0.494 e. The molecule has 0 aliphatic carbocycles. The van der Waals surface area contributed by atoms with E-state index in [1.807, 2.05) is 30.5 Å². The van der Waals surface area contributed by atoms with Crippen LogP contribution in [0.25, 0.3) is 22.2 Å². The van der Waals surface area contributed by atoms with Crippen LogP contribution in [0.4, 0.5) is 0 Å². The van der Waals surface area contributed by atoms with Crippen LogP contribution in [0.1, 0.15) is 5.56 Å². The molecule has 0 amide bonds. The van der Waals surface area contributed by atoms with Gasteiger partial charge in [0.05, 0.1) is 24.5 Å². The van der Waals surface area contributed by atoms with Crippen LogP contribution in [0.5, 0.6) is 5.88 Å². The summed E-state index contributed by atoms with van der Waals surface area (Å²) in [4.78, 5) is 9.94. The summed E-state index contributed by atoms with van der Waals surface area (Å²) in [7, 11) is 0. The molecule has 0 radical (unpaired) electrons. The van der Waals surface area contributed by atoms with E-state index >= 15 is 0 Å². The number of nitrogens with one attached hydrogen (secondary N) is 1. The molecule has 0 atom stereocenters. The fraction of sp³-hybridized carbons (Fsp3) is 0.278. The number of fused-ring (bicyclic) bond motifs is 1. The maximum absolute atomic E-state index is 10.3. The van der Waals surface area contributed by atoms with Crippen LogP contribution in [0.3, 0.4) is 0 Å². The average Bonchev–Trinajstić information content (AvgIpc) is 2.92. The van der Waals surface area contributed by atoms with Gasteiger partial charge in [-0.25, -0.2) is 0 Å². The van der Waals surface area contributed by atoms with Crippen LogP contribution in [0.2, 0.25) is 0 Å². The Morgan fingerprint density at radius 1 is 1.20 bits per heavy atom. The Kier molecular flexibility index (Phi) is 5.64. The van der Waals surface area contributed by atoms with E-state index in [0.29, 0.717) is 0 Å². The van der Waals surface area contributed by atoms with E-state index in [9.17, 15) is 5.11 Å². The van der Waals surface area contributed by atoms with Gasteiger partial charge in [0.25, 0.3) is 0 Å². The molecule has 0 saturated carbocycles. The van der Waals surface area contributed by atoms with Crippen molar-refractivity contribution in [2.75, 3.05) is 26.3 Å². The summed E-state index contributed by atoms with van der Waals surface area (Å²) < 4.78 is 6.35. The molecule has 4 rings (SSSR count). The minimum Gasteiger partial charge on any atom is -0.494 e. The van der Waals surface area contributed by atoms with Crippen LogP contribution >= 0.6 is 28.3 Å². The normalized spacial score (nSPS) is 15.2. The highest BCUT2D eigenvalue weighted by molar-refractivity contribution is 9.10. The van der Waals surface area contributed by atoms with Crippen molar-refractivity contribution in [2.24, 2.45) is 0 Å². The minimum atomic E-state index is 0. The molecule has 1 saturated heterocycles. The summed E-state index contributed by atoms with van der Waals surface area (Å²) in [5, 5.41) is 11.2. The molecule has 2 N–H and O–H groups in total. The Morgan fingerprint density at radius 2 is 2.00 bits per heavy atom. The standard InChI is InChI=1S/C18H18BrN3O2.ClH/c19-13-2-4-15-14(9-13)17(18(23)21-15)16-3-1-12(10-20-16)11-22-5-7-24-8-6-22;/h1-4,9-10,21,23H,5-8,11H2;1H. The number of aromatic hydroxyl groups is 1. The van der Waals surface area contributed by atoms with Crippen molar-refractivity contribution in [1.29, 1.82) is 0 Å². The van der Waals surface area contributed by atoms with E-state index in [2.05, 4.69) is 36.9 Å². The smallest absolute Gasteiger partial charge is 0.199 e. The molecule has 7 heteroatoms. The number of aromatic amines is 1. The molecule has 2 aromatic heterocycles. The monoisotopic (exact) mass is 423 g/mol. The lowest BCUT2D eigenvalue weighted by Crippen LogP contribution is -2.35. The van der Waals surface area contributed by atoms with Gasteiger partial charge in [0, 0.05) is 41.2 Å². The lowest BCUT2D eigenvalue weighted by Gasteiger charge is -2.26. The number of aromatic nitrogens is 2. The van der Waals surface area contributed by atoms with Crippen LogP contribution in [0, 0.1) is 0 Å². The van der Waals surface area contributed by atoms with Gasteiger partial charge in [0.15, 0.2) is 5.88 Å². The van der Waals surface area contributed by atoms with Gasteiger partial charge >= 0.3 is 0 Å². The number of nitrogens with zero attached hydrogens (tertiary/aromatic N) is 2. The quantitative estimate of drug-likeness (QED) is 0.668. The second kappa shape index (κ2) is 7.74. The Labute approximate surface area is 160 Å². The zero-order valence-electron chi connectivity index (χ0n) is 13.5. The first-order valence-electron chi connectivity index (χ1n) is 7.96. The molecule has 5 nitrogen and oxygen atoms in total. The third kappa shape index (κ3) is 3.82. The van der Waals surface area contributed by atoms with Crippen molar-refractivity contribution in [3.8, 4) is 17.1 Å². The number of hydrogen-bond acceptors (Lipinski definition) is 4. The highest BCUT2D eigenvalue weighted by atomic mass is 79.9.